The van der Waals surface area contributed by atoms with Gasteiger partial charge in [-0.05, 0) is 43.6 Å². The van der Waals surface area contributed by atoms with Crippen molar-refractivity contribution >= 4 is 0 Å². The molecule has 0 amide bonds. The quantitative estimate of drug-likeness (QED) is 0.328. The fourth-order valence-electron chi connectivity index (χ4n) is 3.25. The summed E-state index contributed by atoms with van der Waals surface area (Å²) in [5.41, 5.74) is 3.76. The first kappa shape index (κ1) is 20.9. The summed E-state index contributed by atoms with van der Waals surface area (Å²) in [6.07, 6.45) is 5.54. The first-order chi connectivity index (χ1) is 12.5. The number of ether oxygens (including phenoxy) is 2. The van der Waals surface area contributed by atoms with Crippen molar-refractivity contribution in [1.29, 1.82) is 0 Å². The third kappa shape index (κ3) is 7.45. The van der Waals surface area contributed by atoms with Crippen LogP contribution in [-0.2, 0) is 16.1 Å². The van der Waals surface area contributed by atoms with Crippen LogP contribution in [0.4, 0.5) is 0 Å². The standard InChI is InChI=1S/C23H34O3/c1-17(12-18(2)14-22-23(15-24)26-22)13-20(4)19(3)10-11-25-16-21-8-6-5-7-9-21/h5-9,13,18-19,22-24H,1,10-12,14-16H2,2-4H3/b20-13+/t18-,19+,22-,23-/m1/s1. The monoisotopic (exact) mass is 358 g/mol. The van der Waals surface area contributed by atoms with Gasteiger partial charge in [-0.1, -0.05) is 68.0 Å². The van der Waals surface area contributed by atoms with E-state index in [2.05, 4.69) is 45.6 Å². The van der Waals surface area contributed by atoms with Crippen molar-refractivity contribution in [2.45, 2.75) is 58.8 Å². The average Bonchev–Trinajstić information content (AvgIpc) is 3.37. The van der Waals surface area contributed by atoms with Crippen LogP contribution >= 0.6 is 0 Å². The van der Waals surface area contributed by atoms with Crippen LogP contribution in [0.5, 0.6) is 0 Å². The summed E-state index contributed by atoms with van der Waals surface area (Å²) in [5.74, 6) is 1.01. The molecule has 4 atom stereocenters. The van der Waals surface area contributed by atoms with Crippen LogP contribution < -0.4 is 0 Å². The highest BCUT2D eigenvalue weighted by Crippen LogP contribution is 2.30. The maximum Gasteiger partial charge on any atom is 0.107 e. The Morgan fingerprint density at radius 2 is 2.00 bits per heavy atom. The van der Waals surface area contributed by atoms with Crippen molar-refractivity contribution in [3.05, 3.63) is 59.7 Å². The molecule has 1 heterocycles. The Morgan fingerprint density at radius 3 is 2.65 bits per heavy atom. The molecule has 0 unspecified atom stereocenters. The number of allylic oxidation sites excluding steroid dienone is 3. The van der Waals surface area contributed by atoms with Gasteiger partial charge in [0.05, 0.1) is 19.3 Å². The molecule has 0 bridgehead atoms. The normalized spacial score (nSPS) is 22.1. The molecule has 1 aromatic carbocycles. The van der Waals surface area contributed by atoms with Gasteiger partial charge in [0, 0.05) is 6.61 Å². The van der Waals surface area contributed by atoms with Crippen LogP contribution in [0.3, 0.4) is 0 Å². The summed E-state index contributed by atoms with van der Waals surface area (Å²) in [4.78, 5) is 0. The van der Waals surface area contributed by atoms with Gasteiger partial charge in [0.25, 0.3) is 0 Å². The first-order valence-corrected chi connectivity index (χ1v) is 9.73. The lowest BCUT2D eigenvalue weighted by Crippen LogP contribution is -2.06. The Bertz CT molecular complexity index is 578. The lowest BCUT2D eigenvalue weighted by atomic mass is 9.92. The van der Waals surface area contributed by atoms with Crippen molar-refractivity contribution in [2.24, 2.45) is 11.8 Å². The number of benzene rings is 1. The molecule has 0 radical (unpaired) electrons. The highest BCUT2D eigenvalue weighted by Gasteiger charge is 2.38. The molecule has 2 rings (SSSR count). The molecule has 1 saturated heterocycles. The molecular weight excluding hydrogens is 324 g/mol. The molecular formula is C23H34O3. The Kier molecular flexibility index (Phi) is 8.56. The Hall–Kier alpha value is -1.42. The van der Waals surface area contributed by atoms with Crippen LogP contribution in [-0.4, -0.2) is 30.5 Å². The van der Waals surface area contributed by atoms with Crippen LogP contribution in [0.2, 0.25) is 0 Å². The zero-order valence-electron chi connectivity index (χ0n) is 16.5. The molecule has 1 aliphatic rings. The fraction of sp³-hybridized carbons (Fsp3) is 0.565. The Labute approximate surface area is 158 Å². The Balaban J connectivity index is 1.64. The predicted molar refractivity (Wildman–Crippen MR) is 107 cm³/mol. The largest absolute Gasteiger partial charge is 0.394 e. The molecule has 1 fully saturated rings. The molecule has 0 aromatic heterocycles. The average molecular weight is 359 g/mol. The minimum absolute atomic E-state index is 0.0684. The van der Waals surface area contributed by atoms with E-state index < -0.39 is 0 Å². The van der Waals surface area contributed by atoms with Crippen molar-refractivity contribution in [1.82, 2.24) is 0 Å². The van der Waals surface area contributed by atoms with E-state index in [-0.39, 0.29) is 18.8 Å². The molecule has 3 nitrogen and oxygen atoms in total. The van der Waals surface area contributed by atoms with Gasteiger partial charge >= 0.3 is 0 Å². The second-order valence-corrected chi connectivity index (χ2v) is 7.72. The van der Waals surface area contributed by atoms with E-state index in [0.717, 1.165) is 25.9 Å². The van der Waals surface area contributed by atoms with Crippen LogP contribution in [0.1, 0.15) is 45.6 Å². The van der Waals surface area contributed by atoms with E-state index in [1.807, 2.05) is 18.2 Å². The summed E-state index contributed by atoms with van der Waals surface area (Å²) in [7, 11) is 0. The SMILES string of the molecule is C=C(/C=C(\C)[C@@H](C)CCOCc1ccccc1)C[C@@H](C)C[C@H]1O[C@@H]1CO. The van der Waals surface area contributed by atoms with Gasteiger partial charge in [-0.15, -0.1) is 0 Å². The predicted octanol–water partition coefficient (Wildman–Crippen LogP) is 4.91. The third-order valence-corrected chi connectivity index (χ3v) is 5.13. The van der Waals surface area contributed by atoms with E-state index in [4.69, 9.17) is 14.6 Å². The molecule has 3 heteroatoms. The topological polar surface area (TPSA) is 42.0 Å². The van der Waals surface area contributed by atoms with E-state index in [1.165, 1.54) is 16.7 Å². The molecule has 0 aliphatic carbocycles. The number of aliphatic hydroxyl groups is 1. The van der Waals surface area contributed by atoms with Crippen molar-refractivity contribution < 1.29 is 14.6 Å². The lowest BCUT2D eigenvalue weighted by Gasteiger charge is -2.15. The summed E-state index contributed by atoms with van der Waals surface area (Å²) >= 11 is 0. The molecule has 0 saturated carbocycles. The lowest BCUT2D eigenvalue weighted by molar-refractivity contribution is 0.112. The Morgan fingerprint density at radius 1 is 1.27 bits per heavy atom. The summed E-state index contributed by atoms with van der Waals surface area (Å²) in [6.45, 7) is 12.5. The summed E-state index contributed by atoms with van der Waals surface area (Å²) < 4.78 is 11.2. The number of hydrogen-bond acceptors (Lipinski definition) is 3. The van der Waals surface area contributed by atoms with E-state index in [0.29, 0.717) is 18.4 Å². The van der Waals surface area contributed by atoms with Crippen molar-refractivity contribution in [3.8, 4) is 0 Å². The van der Waals surface area contributed by atoms with E-state index >= 15 is 0 Å². The fourth-order valence-corrected chi connectivity index (χ4v) is 3.25. The van der Waals surface area contributed by atoms with Crippen LogP contribution in [0, 0.1) is 11.8 Å². The van der Waals surface area contributed by atoms with Crippen LogP contribution in [0.15, 0.2) is 54.1 Å². The maximum atomic E-state index is 9.04. The highest BCUT2D eigenvalue weighted by molar-refractivity contribution is 5.21. The number of hydrogen-bond donors (Lipinski definition) is 1. The summed E-state index contributed by atoms with van der Waals surface area (Å²) in [5, 5.41) is 9.04. The van der Waals surface area contributed by atoms with E-state index in [1.54, 1.807) is 0 Å². The highest BCUT2D eigenvalue weighted by atomic mass is 16.6. The second kappa shape index (κ2) is 10.7. The van der Waals surface area contributed by atoms with Gasteiger partial charge in [0.1, 0.15) is 6.10 Å². The van der Waals surface area contributed by atoms with E-state index in [9.17, 15) is 0 Å². The first-order valence-electron chi connectivity index (χ1n) is 9.73. The number of aliphatic hydroxyl groups excluding tert-OH is 1. The number of rotatable bonds is 12. The van der Waals surface area contributed by atoms with Gasteiger partial charge in [-0.2, -0.15) is 0 Å². The van der Waals surface area contributed by atoms with Gasteiger partial charge < -0.3 is 14.6 Å². The van der Waals surface area contributed by atoms with Crippen molar-refractivity contribution in [3.63, 3.8) is 0 Å². The van der Waals surface area contributed by atoms with Gasteiger partial charge in [-0.3, -0.25) is 0 Å². The minimum atomic E-state index is 0.0684. The van der Waals surface area contributed by atoms with Gasteiger partial charge in [0.2, 0.25) is 0 Å². The summed E-state index contributed by atoms with van der Waals surface area (Å²) in [6, 6.07) is 10.3. The van der Waals surface area contributed by atoms with Gasteiger partial charge in [-0.25, -0.2) is 0 Å². The maximum absolute atomic E-state index is 9.04. The van der Waals surface area contributed by atoms with Gasteiger partial charge in [0.15, 0.2) is 0 Å². The number of epoxide rings is 1. The zero-order valence-corrected chi connectivity index (χ0v) is 16.5. The molecule has 0 spiro atoms. The van der Waals surface area contributed by atoms with Crippen molar-refractivity contribution in [2.75, 3.05) is 13.2 Å². The minimum Gasteiger partial charge on any atom is -0.394 e. The molecule has 1 aliphatic heterocycles. The second-order valence-electron chi connectivity index (χ2n) is 7.72. The molecule has 1 aromatic rings. The molecule has 144 valence electrons. The smallest absolute Gasteiger partial charge is 0.107 e. The molecule has 26 heavy (non-hydrogen) atoms. The van der Waals surface area contributed by atoms with Crippen LogP contribution in [0.25, 0.3) is 0 Å². The zero-order chi connectivity index (χ0) is 18.9. The molecule has 1 N–H and O–H groups in total. The third-order valence-electron chi connectivity index (χ3n) is 5.13.